The average molecular weight is 209 g/mol. The van der Waals surface area contributed by atoms with Crippen LogP contribution in [0.4, 0.5) is 0 Å². The smallest absolute Gasteiger partial charge is 0.159 e. The summed E-state index contributed by atoms with van der Waals surface area (Å²) in [6, 6.07) is 5.66. The summed E-state index contributed by atoms with van der Waals surface area (Å²) in [4.78, 5) is 11.3. The van der Waals surface area contributed by atoms with Crippen LogP contribution in [-0.2, 0) is 11.2 Å². The van der Waals surface area contributed by atoms with E-state index in [-0.39, 0.29) is 5.78 Å². The van der Waals surface area contributed by atoms with Crippen molar-refractivity contribution in [2.24, 2.45) is 0 Å². The number of rotatable bonds is 3. The Morgan fingerprint density at radius 1 is 1.50 bits per heavy atom. The van der Waals surface area contributed by atoms with Gasteiger partial charge in [0.2, 0.25) is 0 Å². The van der Waals surface area contributed by atoms with Crippen molar-refractivity contribution in [3.8, 4) is 0 Å². The first kappa shape index (κ1) is 11.0. The highest BCUT2D eigenvalue weighted by Gasteiger charge is 2.01. The van der Waals surface area contributed by atoms with Crippen molar-refractivity contribution in [3.63, 3.8) is 0 Å². The summed E-state index contributed by atoms with van der Waals surface area (Å²) in [5.74, 6) is 0.120. The molecule has 14 heavy (non-hydrogen) atoms. The number of hydrogen-bond donors (Lipinski definition) is 0. The second-order valence-electron chi connectivity index (χ2n) is 3.23. The van der Waals surface area contributed by atoms with E-state index in [0.29, 0.717) is 6.42 Å². The van der Waals surface area contributed by atoms with Gasteiger partial charge in [-0.05, 0) is 37.1 Å². The van der Waals surface area contributed by atoms with Crippen molar-refractivity contribution in [1.29, 1.82) is 0 Å². The number of carbonyl (C=O) groups excluding carboxylic acids is 1. The van der Waals surface area contributed by atoms with Crippen molar-refractivity contribution < 1.29 is 4.79 Å². The Bertz CT molecular complexity index is 367. The van der Waals surface area contributed by atoms with Gasteiger partial charge in [0.25, 0.3) is 0 Å². The van der Waals surface area contributed by atoms with Crippen LogP contribution in [0.1, 0.15) is 18.1 Å². The zero-order valence-corrected chi connectivity index (χ0v) is 9.14. The van der Waals surface area contributed by atoms with Gasteiger partial charge in [0, 0.05) is 11.4 Å². The topological polar surface area (TPSA) is 17.1 Å². The summed E-state index contributed by atoms with van der Waals surface area (Å²) in [5.41, 5.74) is 2.02. The quantitative estimate of drug-likeness (QED) is 0.697. The first-order chi connectivity index (χ1) is 6.63. The van der Waals surface area contributed by atoms with Crippen LogP contribution in [0.25, 0.3) is 0 Å². The molecule has 0 radical (unpaired) electrons. The minimum Gasteiger partial charge on any atom is -0.294 e. The summed E-state index contributed by atoms with van der Waals surface area (Å²) >= 11 is 5.88. The minimum absolute atomic E-state index is 0.120. The number of halogens is 1. The Morgan fingerprint density at radius 3 is 2.79 bits per heavy atom. The van der Waals surface area contributed by atoms with E-state index in [0.717, 1.165) is 16.1 Å². The van der Waals surface area contributed by atoms with Gasteiger partial charge in [-0.3, -0.25) is 4.79 Å². The third-order valence-corrected chi connectivity index (χ3v) is 2.38. The first-order valence-electron chi connectivity index (χ1n) is 4.54. The van der Waals surface area contributed by atoms with Gasteiger partial charge in [-0.15, -0.1) is 0 Å². The monoisotopic (exact) mass is 208 g/mol. The lowest BCUT2D eigenvalue weighted by Gasteiger charge is -2.01. The Balaban J connectivity index is 2.78. The molecule has 0 aliphatic carbocycles. The molecule has 2 heteroatoms. The van der Waals surface area contributed by atoms with E-state index < -0.39 is 0 Å². The molecule has 0 bridgehead atoms. The van der Waals surface area contributed by atoms with Gasteiger partial charge >= 0.3 is 0 Å². The molecule has 0 unspecified atom stereocenters. The van der Waals surface area contributed by atoms with Crippen molar-refractivity contribution >= 4 is 17.4 Å². The highest BCUT2D eigenvalue weighted by atomic mass is 35.5. The molecule has 74 valence electrons. The van der Waals surface area contributed by atoms with Crippen LogP contribution in [0.3, 0.4) is 0 Å². The van der Waals surface area contributed by atoms with E-state index in [1.807, 2.05) is 32.0 Å². The molecule has 1 aromatic rings. The summed E-state index contributed by atoms with van der Waals surface area (Å²) in [7, 11) is 0. The van der Waals surface area contributed by atoms with Crippen molar-refractivity contribution in [3.05, 3.63) is 46.5 Å². The molecule has 0 saturated heterocycles. The second kappa shape index (κ2) is 4.97. The van der Waals surface area contributed by atoms with Crippen molar-refractivity contribution in [1.82, 2.24) is 0 Å². The van der Waals surface area contributed by atoms with Gasteiger partial charge < -0.3 is 0 Å². The van der Waals surface area contributed by atoms with Gasteiger partial charge in [-0.1, -0.05) is 29.8 Å². The summed E-state index contributed by atoms with van der Waals surface area (Å²) in [6.45, 7) is 3.77. The molecule has 1 nitrogen and oxygen atoms in total. The van der Waals surface area contributed by atoms with Crippen LogP contribution >= 0.6 is 11.6 Å². The third-order valence-electron chi connectivity index (χ3n) is 1.95. The van der Waals surface area contributed by atoms with Gasteiger partial charge in [0.05, 0.1) is 0 Å². The van der Waals surface area contributed by atoms with Gasteiger partial charge in [-0.25, -0.2) is 0 Å². The first-order valence-corrected chi connectivity index (χ1v) is 4.92. The van der Waals surface area contributed by atoms with Crippen LogP contribution in [0, 0.1) is 6.92 Å². The van der Waals surface area contributed by atoms with Crippen LogP contribution in [-0.4, -0.2) is 5.78 Å². The minimum atomic E-state index is 0.120. The van der Waals surface area contributed by atoms with Crippen molar-refractivity contribution in [2.75, 3.05) is 0 Å². The number of carbonyl (C=O) groups is 1. The summed E-state index contributed by atoms with van der Waals surface area (Å²) < 4.78 is 0. The molecule has 1 rings (SSSR count). The van der Waals surface area contributed by atoms with Gasteiger partial charge in [0.1, 0.15) is 0 Å². The van der Waals surface area contributed by atoms with E-state index in [1.165, 1.54) is 0 Å². The number of benzene rings is 1. The van der Waals surface area contributed by atoms with E-state index >= 15 is 0 Å². The van der Waals surface area contributed by atoms with Gasteiger partial charge in [-0.2, -0.15) is 0 Å². The highest BCUT2D eigenvalue weighted by Crippen LogP contribution is 2.16. The summed E-state index contributed by atoms with van der Waals surface area (Å²) in [5, 5.41) is 0.743. The molecule has 1 aromatic carbocycles. The van der Waals surface area contributed by atoms with Crippen LogP contribution in [0.15, 0.2) is 30.4 Å². The molecule has 0 aliphatic rings. The van der Waals surface area contributed by atoms with Crippen LogP contribution in [0.5, 0.6) is 0 Å². The standard InChI is InChI=1S/C12H13ClO/c1-3-4-11(14)8-10-5-6-12(13)9(2)7-10/h3-7H,8H2,1-2H3/b4-3+. The molecular formula is C12H13ClO. The van der Waals surface area contributed by atoms with E-state index in [2.05, 4.69) is 0 Å². The lowest BCUT2D eigenvalue weighted by atomic mass is 10.1. The average Bonchev–Trinajstić information content (AvgIpc) is 2.12. The molecular weight excluding hydrogens is 196 g/mol. The molecule has 0 amide bonds. The predicted molar refractivity (Wildman–Crippen MR) is 59.7 cm³/mol. The maximum absolute atomic E-state index is 11.3. The fourth-order valence-electron chi connectivity index (χ4n) is 1.26. The molecule has 0 aromatic heterocycles. The maximum atomic E-state index is 11.3. The normalized spacial score (nSPS) is 10.8. The molecule has 0 heterocycles. The summed E-state index contributed by atoms with van der Waals surface area (Å²) in [6.07, 6.45) is 3.79. The molecule has 0 spiro atoms. The molecule has 0 N–H and O–H groups in total. The van der Waals surface area contributed by atoms with Gasteiger partial charge in [0.15, 0.2) is 5.78 Å². The molecule has 0 atom stereocenters. The zero-order valence-electron chi connectivity index (χ0n) is 8.38. The Labute approximate surface area is 89.4 Å². The fourth-order valence-corrected chi connectivity index (χ4v) is 1.38. The third kappa shape index (κ3) is 3.00. The highest BCUT2D eigenvalue weighted by molar-refractivity contribution is 6.31. The largest absolute Gasteiger partial charge is 0.294 e. The zero-order chi connectivity index (χ0) is 10.6. The fraction of sp³-hybridized carbons (Fsp3) is 0.250. The van der Waals surface area contributed by atoms with Crippen LogP contribution < -0.4 is 0 Å². The van der Waals surface area contributed by atoms with E-state index in [4.69, 9.17) is 11.6 Å². The Morgan fingerprint density at radius 2 is 2.21 bits per heavy atom. The Hall–Kier alpha value is -1.08. The van der Waals surface area contributed by atoms with Crippen LogP contribution in [0.2, 0.25) is 5.02 Å². The number of allylic oxidation sites excluding steroid dienone is 2. The number of aryl methyl sites for hydroxylation is 1. The van der Waals surface area contributed by atoms with Crippen molar-refractivity contribution in [2.45, 2.75) is 20.3 Å². The predicted octanol–water partition coefficient (Wildman–Crippen LogP) is 3.34. The molecule has 0 saturated carbocycles. The Kier molecular flexibility index (Phi) is 3.90. The SMILES string of the molecule is C/C=C/C(=O)Cc1ccc(Cl)c(C)c1. The molecule has 0 aliphatic heterocycles. The van der Waals surface area contributed by atoms with E-state index in [1.54, 1.807) is 12.2 Å². The van der Waals surface area contributed by atoms with E-state index in [9.17, 15) is 4.79 Å². The second-order valence-corrected chi connectivity index (χ2v) is 3.63. The number of ketones is 1. The number of hydrogen-bond acceptors (Lipinski definition) is 1. The lowest BCUT2D eigenvalue weighted by Crippen LogP contribution is -1.98. The lowest BCUT2D eigenvalue weighted by molar-refractivity contribution is -0.114. The maximum Gasteiger partial charge on any atom is 0.159 e. The molecule has 0 fully saturated rings.